The van der Waals surface area contributed by atoms with Crippen LogP contribution in [-0.2, 0) is 12.0 Å². The van der Waals surface area contributed by atoms with E-state index in [1.807, 2.05) is 31.2 Å². The Balaban J connectivity index is 1.41. The molecule has 0 spiro atoms. The number of terminal acetylenes is 1. The number of aryl methyl sites for hydroxylation is 1. The highest BCUT2D eigenvalue weighted by Crippen LogP contribution is 2.45. The molecule has 1 heterocycles. The average Bonchev–Trinajstić information content (AvgIpc) is 3.77. The molecule has 5 rings (SSSR count). The molecule has 0 saturated heterocycles. The van der Waals surface area contributed by atoms with Crippen molar-refractivity contribution in [1.82, 2.24) is 16.0 Å². The molecule has 2 atom stereocenters. The Morgan fingerprint density at radius 2 is 1.88 bits per heavy atom. The van der Waals surface area contributed by atoms with Crippen LogP contribution in [0.5, 0.6) is 5.75 Å². The summed E-state index contributed by atoms with van der Waals surface area (Å²) in [5.41, 5.74) is 3.59. The molecule has 8 heteroatoms. The van der Waals surface area contributed by atoms with Crippen molar-refractivity contribution in [2.75, 3.05) is 19.7 Å². The molecule has 7 nitrogen and oxygen atoms in total. The van der Waals surface area contributed by atoms with Crippen LogP contribution in [0.25, 0.3) is 0 Å². The minimum atomic E-state index is -1.01. The zero-order chi connectivity index (χ0) is 29.7. The van der Waals surface area contributed by atoms with Gasteiger partial charge in [-0.3, -0.25) is 9.59 Å². The second-order valence-electron chi connectivity index (χ2n) is 11.2. The predicted octanol–water partition coefficient (Wildman–Crippen LogP) is 4.00. The first-order valence-electron chi connectivity index (χ1n) is 14.4. The molecular weight excluding hydrogens is 533 g/mol. The number of fused-ring (bicyclic) bond motifs is 4. The zero-order valence-corrected chi connectivity index (χ0v) is 23.7. The molecule has 4 N–H and O–H groups in total. The lowest BCUT2D eigenvalue weighted by Crippen LogP contribution is -2.50. The number of carbonyl (C=O) groups is 2. The topological polar surface area (TPSA) is 99.7 Å². The van der Waals surface area contributed by atoms with E-state index in [1.165, 1.54) is 12.1 Å². The van der Waals surface area contributed by atoms with Crippen molar-refractivity contribution >= 4 is 11.8 Å². The molecule has 3 aromatic carbocycles. The van der Waals surface area contributed by atoms with E-state index in [0.717, 1.165) is 29.5 Å². The number of aliphatic hydroxyl groups is 1. The predicted molar refractivity (Wildman–Crippen MR) is 159 cm³/mol. The van der Waals surface area contributed by atoms with Crippen molar-refractivity contribution in [2.24, 2.45) is 0 Å². The molecule has 3 aromatic rings. The van der Waals surface area contributed by atoms with Gasteiger partial charge in [0.15, 0.2) is 0 Å². The maximum absolute atomic E-state index is 14.6. The molecular formula is C34H36FN3O4. The van der Waals surface area contributed by atoms with Crippen LogP contribution in [0, 0.1) is 25.1 Å². The largest absolute Gasteiger partial charge is 0.493 e. The highest BCUT2D eigenvalue weighted by Gasteiger charge is 2.44. The maximum atomic E-state index is 14.6. The average molecular weight is 570 g/mol. The number of amides is 2. The van der Waals surface area contributed by atoms with Crippen LogP contribution < -0.4 is 20.7 Å². The normalized spacial score (nSPS) is 19.3. The number of rotatable bonds is 5. The Morgan fingerprint density at radius 1 is 1.10 bits per heavy atom. The summed E-state index contributed by atoms with van der Waals surface area (Å²) in [5.74, 6) is 1.89. The van der Waals surface area contributed by atoms with Gasteiger partial charge in [0.25, 0.3) is 11.8 Å². The monoisotopic (exact) mass is 569 g/mol. The molecule has 2 unspecified atom stereocenters. The fourth-order valence-electron chi connectivity index (χ4n) is 5.42. The number of carbonyl (C=O) groups excluding carboxylic acids is 2. The first kappa shape index (κ1) is 29.3. The number of hydrogen-bond acceptors (Lipinski definition) is 5. The Kier molecular flexibility index (Phi) is 8.91. The van der Waals surface area contributed by atoms with E-state index in [0.29, 0.717) is 48.4 Å². The molecule has 1 aliphatic heterocycles. The molecule has 218 valence electrons. The minimum Gasteiger partial charge on any atom is -0.493 e. The second kappa shape index (κ2) is 12.8. The van der Waals surface area contributed by atoms with E-state index in [2.05, 4.69) is 21.9 Å². The summed E-state index contributed by atoms with van der Waals surface area (Å²) in [6.07, 6.45) is 7.90. The third-order valence-corrected chi connectivity index (χ3v) is 7.88. The molecule has 1 aliphatic carbocycles. The third kappa shape index (κ3) is 7.17. The van der Waals surface area contributed by atoms with Crippen LogP contribution >= 0.6 is 0 Å². The molecule has 42 heavy (non-hydrogen) atoms. The number of hydrogen-bond donors (Lipinski definition) is 4. The fraction of sp³-hybridized carbons (Fsp3) is 0.353. The van der Waals surface area contributed by atoms with Gasteiger partial charge in [-0.1, -0.05) is 18.1 Å². The van der Waals surface area contributed by atoms with Crippen molar-refractivity contribution in [2.45, 2.75) is 56.7 Å². The maximum Gasteiger partial charge on any atom is 0.251 e. The van der Waals surface area contributed by atoms with Gasteiger partial charge in [0.2, 0.25) is 0 Å². The summed E-state index contributed by atoms with van der Waals surface area (Å²) in [7, 11) is 0. The number of ether oxygens (including phenoxy) is 1. The van der Waals surface area contributed by atoms with E-state index < -0.39 is 23.9 Å². The SMILES string of the molecule is C#Cc1cccc(C2(NCC(O)C3Cc4cc(F)cc(c4)OCCCCNC(=O)c4cc(C)cc(c4)C(=O)N3)CC2)c1. The Hall–Kier alpha value is -4.19. The van der Waals surface area contributed by atoms with E-state index in [4.69, 9.17) is 11.2 Å². The summed E-state index contributed by atoms with van der Waals surface area (Å²) in [6, 6.07) is 16.5. The quantitative estimate of drug-likeness (QED) is 0.348. The fourth-order valence-corrected chi connectivity index (χ4v) is 5.42. The van der Waals surface area contributed by atoms with Crippen molar-refractivity contribution in [1.29, 1.82) is 0 Å². The smallest absolute Gasteiger partial charge is 0.251 e. The second-order valence-corrected chi connectivity index (χ2v) is 11.2. The lowest BCUT2D eigenvalue weighted by Gasteiger charge is -2.27. The van der Waals surface area contributed by atoms with E-state index in [9.17, 15) is 19.1 Å². The van der Waals surface area contributed by atoms with E-state index in [-0.39, 0.29) is 24.4 Å². The Bertz CT molecular complexity index is 1510. The molecule has 1 saturated carbocycles. The highest BCUT2D eigenvalue weighted by atomic mass is 19.1. The van der Waals surface area contributed by atoms with Crippen LogP contribution in [0.15, 0.2) is 60.7 Å². The molecule has 0 aromatic heterocycles. The van der Waals surface area contributed by atoms with Gasteiger partial charge in [-0.05, 0) is 98.2 Å². The lowest BCUT2D eigenvalue weighted by molar-refractivity contribution is 0.0822. The van der Waals surface area contributed by atoms with Crippen molar-refractivity contribution in [3.8, 4) is 18.1 Å². The number of benzene rings is 3. The summed E-state index contributed by atoms with van der Waals surface area (Å²) in [6.45, 7) is 2.82. The van der Waals surface area contributed by atoms with Gasteiger partial charge in [-0.25, -0.2) is 4.39 Å². The van der Waals surface area contributed by atoms with Crippen LogP contribution in [0.2, 0.25) is 0 Å². The van der Waals surface area contributed by atoms with Gasteiger partial charge in [0, 0.05) is 41.4 Å². The van der Waals surface area contributed by atoms with E-state index in [1.54, 1.807) is 24.3 Å². The Labute approximate surface area is 245 Å². The van der Waals surface area contributed by atoms with Crippen molar-refractivity contribution in [3.63, 3.8) is 0 Å². The van der Waals surface area contributed by atoms with Gasteiger partial charge >= 0.3 is 0 Å². The van der Waals surface area contributed by atoms with Gasteiger partial charge in [0.1, 0.15) is 11.6 Å². The molecule has 4 bridgehead atoms. The van der Waals surface area contributed by atoms with Crippen molar-refractivity contribution in [3.05, 3.63) is 99.9 Å². The number of nitrogens with one attached hydrogen (secondary N) is 3. The van der Waals surface area contributed by atoms with Crippen molar-refractivity contribution < 1.29 is 23.8 Å². The number of halogens is 1. The highest BCUT2D eigenvalue weighted by molar-refractivity contribution is 6.00. The molecule has 2 aliphatic rings. The van der Waals surface area contributed by atoms with Gasteiger partial charge in [-0.15, -0.1) is 6.42 Å². The van der Waals surface area contributed by atoms with Gasteiger partial charge < -0.3 is 25.8 Å². The molecule has 1 fully saturated rings. The van der Waals surface area contributed by atoms with Crippen LogP contribution in [-0.4, -0.2) is 48.8 Å². The first-order chi connectivity index (χ1) is 20.2. The van der Waals surface area contributed by atoms with Crippen LogP contribution in [0.4, 0.5) is 4.39 Å². The zero-order valence-electron chi connectivity index (χ0n) is 23.7. The third-order valence-electron chi connectivity index (χ3n) is 7.88. The molecule has 0 radical (unpaired) electrons. The summed E-state index contributed by atoms with van der Waals surface area (Å²) in [4.78, 5) is 26.3. The van der Waals surface area contributed by atoms with Crippen LogP contribution in [0.3, 0.4) is 0 Å². The van der Waals surface area contributed by atoms with Crippen LogP contribution in [0.1, 0.15) is 68.7 Å². The lowest BCUT2D eigenvalue weighted by atomic mass is 9.98. The summed E-state index contributed by atoms with van der Waals surface area (Å²) >= 11 is 0. The Morgan fingerprint density at radius 3 is 2.64 bits per heavy atom. The van der Waals surface area contributed by atoms with E-state index >= 15 is 0 Å². The molecule has 2 amide bonds. The van der Waals surface area contributed by atoms with Gasteiger partial charge in [-0.2, -0.15) is 0 Å². The summed E-state index contributed by atoms with van der Waals surface area (Å²) in [5, 5.41) is 20.8. The standard InChI is InChI=1S/C34H36FN3O4/c1-3-23-7-6-8-27(15-23)34(9-10-34)37-21-31(39)30-18-24-16-28(35)20-29(17-24)42-12-5-4-11-36-32(40)25-13-22(2)14-26(19-25)33(41)38-30/h1,6-8,13-17,19-20,30-31,37,39H,4-5,9-12,18,21H2,2H3,(H,36,40)(H,38,41). The summed E-state index contributed by atoms with van der Waals surface area (Å²) < 4.78 is 20.4. The first-order valence-corrected chi connectivity index (χ1v) is 14.4. The van der Waals surface area contributed by atoms with Gasteiger partial charge in [0.05, 0.1) is 18.8 Å². The number of aliphatic hydroxyl groups excluding tert-OH is 1. The minimum absolute atomic E-state index is 0.168.